The molecule has 1 aromatic heterocycles. The van der Waals surface area contributed by atoms with Gasteiger partial charge in [0.05, 0.1) is 21.8 Å². The van der Waals surface area contributed by atoms with Crippen molar-refractivity contribution < 1.29 is 4.79 Å². The molecule has 138 valence electrons. The van der Waals surface area contributed by atoms with Crippen LogP contribution in [0, 0.1) is 0 Å². The van der Waals surface area contributed by atoms with Gasteiger partial charge >= 0.3 is 0 Å². The molecule has 0 spiro atoms. The van der Waals surface area contributed by atoms with Crippen LogP contribution in [0.4, 0.5) is 5.82 Å². The van der Waals surface area contributed by atoms with Gasteiger partial charge in [0.25, 0.3) is 5.91 Å². The van der Waals surface area contributed by atoms with E-state index in [9.17, 15) is 4.79 Å². The van der Waals surface area contributed by atoms with Crippen LogP contribution in [0.25, 0.3) is 0 Å². The standard InChI is InChI=1S/C19H22Cl2N4O/c1-4-11-24(5-2)19(26)16-12(3)23-15-9-10-22-25(15)18(16)13-7-6-8-14(20)17(13)21/h6-10,18,23H,4-5,11H2,1-3H3. The predicted octanol–water partition coefficient (Wildman–Crippen LogP) is 4.74. The van der Waals surface area contributed by atoms with Gasteiger partial charge in [-0.05, 0) is 26.3 Å². The Hall–Kier alpha value is -1.98. The van der Waals surface area contributed by atoms with E-state index < -0.39 is 6.04 Å². The molecule has 2 aromatic rings. The number of rotatable bonds is 5. The summed E-state index contributed by atoms with van der Waals surface area (Å²) in [6.45, 7) is 7.31. The highest BCUT2D eigenvalue weighted by molar-refractivity contribution is 6.42. The highest BCUT2D eigenvalue weighted by Crippen LogP contribution is 2.40. The zero-order chi connectivity index (χ0) is 18.8. The number of amides is 1. The van der Waals surface area contributed by atoms with E-state index in [2.05, 4.69) is 17.3 Å². The van der Waals surface area contributed by atoms with Gasteiger partial charge in [-0.1, -0.05) is 42.3 Å². The third-order valence-electron chi connectivity index (χ3n) is 4.58. The Kier molecular flexibility index (Phi) is 5.58. The number of likely N-dealkylation sites (N-methyl/N-ethyl adjacent to an activating group) is 1. The van der Waals surface area contributed by atoms with Gasteiger partial charge in [0.15, 0.2) is 0 Å². The molecule has 0 radical (unpaired) electrons. The van der Waals surface area contributed by atoms with Gasteiger partial charge < -0.3 is 10.2 Å². The average molecular weight is 393 g/mol. The van der Waals surface area contributed by atoms with Crippen LogP contribution >= 0.6 is 23.2 Å². The van der Waals surface area contributed by atoms with Gasteiger partial charge in [-0.3, -0.25) is 4.79 Å². The first-order valence-electron chi connectivity index (χ1n) is 8.74. The molecule has 1 atom stereocenters. The zero-order valence-electron chi connectivity index (χ0n) is 15.1. The Morgan fingerprint density at radius 3 is 2.77 bits per heavy atom. The molecule has 1 N–H and O–H groups in total. The van der Waals surface area contributed by atoms with Gasteiger partial charge in [-0.25, -0.2) is 4.68 Å². The molecular weight excluding hydrogens is 371 g/mol. The first kappa shape index (κ1) is 18.8. The minimum absolute atomic E-state index is 0.0125. The monoisotopic (exact) mass is 392 g/mol. The molecule has 7 heteroatoms. The summed E-state index contributed by atoms with van der Waals surface area (Å²) in [6, 6.07) is 6.93. The third kappa shape index (κ3) is 3.21. The highest BCUT2D eigenvalue weighted by atomic mass is 35.5. The summed E-state index contributed by atoms with van der Waals surface area (Å²) in [4.78, 5) is 15.2. The molecule has 1 aliphatic heterocycles. The normalized spacial score (nSPS) is 16.3. The number of carbonyl (C=O) groups excluding carboxylic acids is 1. The maximum Gasteiger partial charge on any atom is 0.254 e. The lowest BCUT2D eigenvalue weighted by Crippen LogP contribution is -2.38. The van der Waals surface area contributed by atoms with Gasteiger partial charge in [-0.15, -0.1) is 0 Å². The smallest absolute Gasteiger partial charge is 0.254 e. The number of nitrogens with one attached hydrogen (secondary N) is 1. The molecular formula is C19H22Cl2N4O. The quantitative estimate of drug-likeness (QED) is 0.799. The van der Waals surface area contributed by atoms with Crippen molar-refractivity contribution in [2.45, 2.75) is 33.2 Å². The molecule has 0 aliphatic carbocycles. The number of anilines is 1. The molecule has 26 heavy (non-hydrogen) atoms. The number of allylic oxidation sites excluding steroid dienone is 1. The summed E-state index contributed by atoms with van der Waals surface area (Å²) in [5.41, 5.74) is 2.21. The van der Waals surface area contributed by atoms with Gasteiger partial charge in [0.1, 0.15) is 11.9 Å². The van der Waals surface area contributed by atoms with Crippen LogP contribution in [0.15, 0.2) is 41.7 Å². The van der Waals surface area contributed by atoms with Crippen molar-refractivity contribution in [3.8, 4) is 0 Å². The molecule has 0 saturated carbocycles. The molecule has 1 aromatic carbocycles. The lowest BCUT2D eigenvalue weighted by Gasteiger charge is -2.33. The van der Waals surface area contributed by atoms with Crippen LogP contribution in [0.3, 0.4) is 0 Å². The van der Waals surface area contributed by atoms with Crippen molar-refractivity contribution in [1.29, 1.82) is 0 Å². The molecule has 5 nitrogen and oxygen atoms in total. The Morgan fingerprint density at radius 2 is 2.08 bits per heavy atom. The van der Waals surface area contributed by atoms with E-state index in [0.717, 1.165) is 23.5 Å². The first-order valence-corrected chi connectivity index (χ1v) is 9.49. The van der Waals surface area contributed by atoms with Crippen molar-refractivity contribution in [3.05, 3.63) is 57.3 Å². The summed E-state index contributed by atoms with van der Waals surface area (Å²) in [7, 11) is 0. The summed E-state index contributed by atoms with van der Waals surface area (Å²) < 4.78 is 1.79. The van der Waals surface area contributed by atoms with Crippen LogP contribution in [-0.4, -0.2) is 33.7 Å². The summed E-state index contributed by atoms with van der Waals surface area (Å²) in [5.74, 6) is 0.806. The second-order valence-corrected chi connectivity index (χ2v) is 7.04. The minimum Gasteiger partial charge on any atom is -0.344 e. The molecule has 3 rings (SSSR count). The van der Waals surface area contributed by atoms with Gasteiger partial charge in [0.2, 0.25) is 0 Å². The topological polar surface area (TPSA) is 50.2 Å². The van der Waals surface area contributed by atoms with Crippen LogP contribution in [0.2, 0.25) is 10.0 Å². The van der Waals surface area contributed by atoms with E-state index >= 15 is 0 Å². The summed E-state index contributed by atoms with van der Waals surface area (Å²) >= 11 is 12.8. The molecule has 1 amide bonds. The lowest BCUT2D eigenvalue weighted by molar-refractivity contribution is -0.127. The fourth-order valence-corrected chi connectivity index (χ4v) is 3.76. The first-order chi connectivity index (χ1) is 12.5. The zero-order valence-corrected chi connectivity index (χ0v) is 16.6. The van der Waals surface area contributed by atoms with Gasteiger partial charge in [0, 0.05) is 30.4 Å². The molecule has 1 unspecified atom stereocenters. The number of hydrogen-bond donors (Lipinski definition) is 1. The van der Waals surface area contributed by atoms with E-state index in [4.69, 9.17) is 23.2 Å². The second kappa shape index (κ2) is 7.72. The van der Waals surface area contributed by atoms with E-state index in [0.29, 0.717) is 28.7 Å². The largest absolute Gasteiger partial charge is 0.344 e. The lowest BCUT2D eigenvalue weighted by atomic mass is 9.94. The number of halogens is 2. The van der Waals surface area contributed by atoms with Gasteiger partial charge in [-0.2, -0.15) is 5.10 Å². The number of benzene rings is 1. The Morgan fingerprint density at radius 1 is 1.31 bits per heavy atom. The number of fused-ring (bicyclic) bond motifs is 1. The molecule has 0 bridgehead atoms. The van der Waals surface area contributed by atoms with E-state index in [-0.39, 0.29) is 5.91 Å². The molecule has 1 aliphatic rings. The predicted molar refractivity (Wildman–Crippen MR) is 106 cm³/mol. The molecule has 0 fully saturated rings. The molecule has 0 saturated heterocycles. The fourth-order valence-electron chi connectivity index (χ4n) is 3.35. The third-order valence-corrected chi connectivity index (χ3v) is 5.41. The van der Waals surface area contributed by atoms with Crippen molar-refractivity contribution in [3.63, 3.8) is 0 Å². The fraction of sp³-hybridized carbons (Fsp3) is 0.368. The van der Waals surface area contributed by atoms with Crippen molar-refractivity contribution in [2.24, 2.45) is 0 Å². The van der Waals surface area contributed by atoms with Crippen LogP contribution in [0.1, 0.15) is 38.8 Å². The molecule has 2 heterocycles. The number of hydrogen-bond acceptors (Lipinski definition) is 3. The maximum atomic E-state index is 13.4. The Bertz CT molecular complexity index is 859. The van der Waals surface area contributed by atoms with E-state index in [1.165, 1.54) is 0 Å². The van der Waals surface area contributed by atoms with E-state index in [1.54, 1.807) is 16.9 Å². The average Bonchev–Trinajstić information content (AvgIpc) is 3.08. The van der Waals surface area contributed by atoms with Crippen molar-refractivity contribution in [2.75, 3.05) is 18.4 Å². The number of nitrogens with zero attached hydrogens (tertiary/aromatic N) is 3. The minimum atomic E-state index is -0.425. The second-order valence-electron chi connectivity index (χ2n) is 6.26. The maximum absolute atomic E-state index is 13.4. The van der Waals surface area contributed by atoms with Crippen LogP contribution in [-0.2, 0) is 4.79 Å². The van der Waals surface area contributed by atoms with Crippen molar-refractivity contribution >= 4 is 34.9 Å². The Labute approximate surface area is 163 Å². The number of aromatic nitrogens is 2. The summed E-state index contributed by atoms with van der Waals surface area (Å²) in [5, 5.41) is 8.62. The van der Waals surface area contributed by atoms with Crippen LogP contribution < -0.4 is 5.32 Å². The van der Waals surface area contributed by atoms with Crippen molar-refractivity contribution in [1.82, 2.24) is 14.7 Å². The SMILES string of the molecule is CCCN(CC)C(=O)C1=C(C)Nc2ccnn2C1c1cccc(Cl)c1Cl. The van der Waals surface area contributed by atoms with E-state index in [1.807, 2.05) is 36.9 Å². The summed E-state index contributed by atoms with van der Waals surface area (Å²) in [6.07, 6.45) is 2.60. The number of carbonyl (C=O) groups is 1. The highest BCUT2D eigenvalue weighted by Gasteiger charge is 2.35. The van der Waals surface area contributed by atoms with Crippen LogP contribution in [0.5, 0.6) is 0 Å². The Balaban J connectivity index is 2.17.